The molecule has 0 bridgehead atoms. The first-order valence-electron chi connectivity index (χ1n) is 18.2. The zero-order chi connectivity index (χ0) is 37.5. The zero-order valence-corrected chi connectivity index (χ0v) is 30.5. The highest BCUT2D eigenvalue weighted by Crippen LogP contribution is 2.36. The van der Waals surface area contributed by atoms with Crippen LogP contribution in [0.15, 0.2) is 12.7 Å². The van der Waals surface area contributed by atoms with Crippen LogP contribution in [0, 0.1) is 4.91 Å². The number of nitrogens with zero attached hydrogens (tertiary/aromatic N) is 9. The Balaban J connectivity index is 0.870. The van der Waals surface area contributed by atoms with Crippen molar-refractivity contribution in [3.8, 4) is 0 Å². The summed E-state index contributed by atoms with van der Waals surface area (Å²) >= 11 is 12.5. The molecule has 292 valence electrons. The monoisotopic (exact) mass is 794 g/mol. The molecule has 2 aliphatic heterocycles. The van der Waals surface area contributed by atoms with E-state index in [1.54, 1.807) is 0 Å². The summed E-state index contributed by atoms with van der Waals surface area (Å²) in [6.45, 7) is -1.04. The van der Waals surface area contributed by atoms with Crippen molar-refractivity contribution in [3.05, 3.63) is 28.1 Å². The lowest BCUT2D eigenvalue weighted by Gasteiger charge is -2.23. The van der Waals surface area contributed by atoms with Gasteiger partial charge in [0.05, 0.1) is 12.7 Å². The van der Waals surface area contributed by atoms with Crippen LogP contribution in [0.1, 0.15) is 76.7 Å². The Morgan fingerprint density at radius 3 is 1.48 bits per heavy atom. The second-order valence-electron chi connectivity index (χ2n) is 14.2. The molecule has 6 N–H and O–H groups in total. The summed E-state index contributed by atoms with van der Waals surface area (Å²) in [7, 11) is 0. The Kier molecular flexibility index (Phi) is 10.9. The molecule has 4 aromatic heterocycles. The molecular formula is C32H42Cl2N11O9+. The van der Waals surface area contributed by atoms with Crippen LogP contribution in [-0.4, -0.2) is 126 Å². The molecular weight excluding hydrogens is 753 g/mol. The number of hydrogen-bond acceptors (Lipinski definition) is 17. The van der Waals surface area contributed by atoms with Crippen molar-refractivity contribution in [3.63, 3.8) is 0 Å². The summed E-state index contributed by atoms with van der Waals surface area (Å²) in [5.74, 6) is 0.928. The summed E-state index contributed by atoms with van der Waals surface area (Å²) in [6, 6.07) is 0.436. The molecule has 20 nitrogen and oxygen atoms in total. The summed E-state index contributed by atoms with van der Waals surface area (Å²) in [5.41, 5.74) is 1.41. The second kappa shape index (κ2) is 15.8. The van der Waals surface area contributed by atoms with E-state index in [-0.39, 0.29) is 39.0 Å². The van der Waals surface area contributed by atoms with Gasteiger partial charge in [-0.3, -0.25) is 9.13 Å². The fourth-order valence-corrected chi connectivity index (χ4v) is 8.06. The normalized spacial score (nSPS) is 29.6. The van der Waals surface area contributed by atoms with E-state index in [1.807, 2.05) is 0 Å². The average molecular weight is 796 g/mol. The number of anilines is 2. The van der Waals surface area contributed by atoms with Gasteiger partial charge in [0, 0.05) is 12.1 Å². The van der Waals surface area contributed by atoms with Gasteiger partial charge in [0.15, 0.2) is 59.6 Å². The van der Waals surface area contributed by atoms with Gasteiger partial charge >= 0.3 is 5.09 Å². The van der Waals surface area contributed by atoms with Gasteiger partial charge in [0.25, 0.3) is 0 Å². The molecule has 4 aromatic rings. The van der Waals surface area contributed by atoms with Gasteiger partial charge in [-0.25, -0.2) is 9.97 Å². The molecule has 2 saturated carbocycles. The Bertz CT molecular complexity index is 1820. The van der Waals surface area contributed by atoms with E-state index in [1.165, 1.54) is 34.6 Å². The predicted octanol–water partition coefficient (Wildman–Crippen LogP) is 2.34. The molecule has 6 heterocycles. The third-order valence-electron chi connectivity index (χ3n) is 10.6. The Morgan fingerprint density at radius 1 is 0.667 bits per heavy atom. The maximum Gasteiger partial charge on any atom is 0.477 e. The number of ether oxygens (including phenoxy) is 2. The molecule has 4 fully saturated rings. The van der Waals surface area contributed by atoms with Crippen molar-refractivity contribution in [1.82, 2.24) is 39.0 Å². The third kappa shape index (κ3) is 7.45. The highest BCUT2D eigenvalue weighted by atomic mass is 35.5. The van der Waals surface area contributed by atoms with Crippen LogP contribution in [0.4, 0.5) is 11.6 Å². The van der Waals surface area contributed by atoms with E-state index in [0.717, 1.165) is 51.4 Å². The quantitative estimate of drug-likeness (QED) is 0.0889. The minimum atomic E-state index is -1.46. The largest absolute Gasteiger partial charge is 0.477 e. The molecule has 2 aliphatic carbocycles. The van der Waals surface area contributed by atoms with E-state index in [2.05, 4.69) is 40.5 Å². The van der Waals surface area contributed by atoms with Crippen LogP contribution in [-0.2, 0) is 19.1 Å². The first-order chi connectivity index (χ1) is 26.1. The number of aliphatic hydroxyl groups is 4. The fourth-order valence-electron chi connectivity index (χ4n) is 7.73. The molecule has 0 aromatic carbocycles. The van der Waals surface area contributed by atoms with Gasteiger partial charge in [-0.2, -0.15) is 29.6 Å². The zero-order valence-electron chi connectivity index (χ0n) is 29.0. The van der Waals surface area contributed by atoms with E-state index in [4.69, 9.17) is 42.4 Å². The highest BCUT2D eigenvalue weighted by molar-refractivity contribution is 6.29. The van der Waals surface area contributed by atoms with Crippen molar-refractivity contribution >= 4 is 57.2 Å². The molecule has 4 aliphatic rings. The van der Waals surface area contributed by atoms with Gasteiger partial charge in [0.1, 0.15) is 41.5 Å². The van der Waals surface area contributed by atoms with Crippen molar-refractivity contribution in [1.29, 1.82) is 0 Å². The number of fused-ring (bicyclic) bond motifs is 2. The lowest BCUT2D eigenvalue weighted by molar-refractivity contribution is -0.982. The van der Waals surface area contributed by atoms with E-state index >= 15 is 0 Å². The third-order valence-corrected chi connectivity index (χ3v) is 10.9. The van der Waals surface area contributed by atoms with Crippen LogP contribution in [0.5, 0.6) is 0 Å². The van der Waals surface area contributed by atoms with Gasteiger partial charge in [-0.1, -0.05) is 38.5 Å². The lowest BCUT2D eigenvalue weighted by Crippen LogP contribution is -2.36. The number of imidazole rings is 2. The summed E-state index contributed by atoms with van der Waals surface area (Å²) in [4.78, 5) is 48.9. The van der Waals surface area contributed by atoms with E-state index in [0.29, 0.717) is 22.7 Å². The van der Waals surface area contributed by atoms with Crippen molar-refractivity contribution in [2.45, 2.75) is 125 Å². The number of nitrogens with one attached hydrogen (secondary N) is 2. The standard InChI is InChI=1S/C32H42Cl2N11O9/c33-31-39-25(37-15-7-3-1-4-8-15)19-27(41-31)43(13-35-19)29-23(48)21(46)17(53-29)11-51-45(50)52-12-18-22(47)24(49)30(54-18)44-14-36-20-26(40-32(34)42-28(20)44)38-16-9-5-2-6-10-16/h13-18,21-24,29-30,46-49H,1-12H2,(H,37,39,41)(H,38,40,42)/q+1/t17-,18-,21+,22+,23-,24-,29-,30-/m1/s1. The average Bonchev–Trinajstić information content (AvgIpc) is 3.92. The first kappa shape index (κ1) is 37.2. The van der Waals surface area contributed by atoms with Gasteiger partial charge in [-0.05, 0) is 48.9 Å². The van der Waals surface area contributed by atoms with E-state index < -0.39 is 62.3 Å². The lowest BCUT2D eigenvalue weighted by atomic mass is 9.95. The molecule has 22 heteroatoms. The number of rotatable bonds is 12. The summed E-state index contributed by atoms with van der Waals surface area (Å²) in [5, 5.41) is 49.9. The molecule has 2 saturated heterocycles. The Labute approximate surface area is 317 Å². The minimum Gasteiger partial charge on any atom is -0.387 e. The molecule has 0 amide bonds. The molecule has 8 rings (SSSR count). The smallest absolute Gasteiger partial charge is 0.387 e. The maximum atomic E-state index is 12.5. The van der Waals surface area contributed by atoms with Gasteiger partial charge in [-0.15, -0.1) is 0 Å². The van der Waals surface area contributed by atoms with Crippen LogP contribution in [0.2, 0.25) is 10.6 Å². The Hall–Kier alpha value is -3.76. The van der Waals surface area contributed by atoms with Crippen molar-refractivity contribution in [2.24, 2.45) is 0 Å². The fraction of sp³-hybridized carbons (Fsp3) is 0.688. The maximum absolute atomic E-state index is 12.5. The predicted molar refractivity (Wildman–Crippen MR) is 189 cm³/mol. The summed E-state index contributed by atoms with van der Waals surface area (Å²) in [6.07, 6.45) is 3.16. The second-order valence-corrected chi connectivity index (χ2v) is 14.9. The van der Waals surface area contributed by atoms with Crippen LogP contribution in [0.3, 0.4) is 0 Å². The summed E-state index contributed by atoms with van der Waals surface area (Å²) < 4.78 is 14.7. The number of hydrogen-bond donors (Lipinski definition) is 6. The number of aliphatic hydroxyl groups excluding tert-OH is 4. The van der Waals surface area contributed by atoms with Crippen LogP contribution >= 0.6 is 23.2 Å². The number of halogens is 2. The first-order valence-corrected chi connectivity index (χ1v) is 19.0. The highest BCUT2D eigenvalue weighted by Gasteiger charge is 2.48. The minimum absolute atomic E-state index is 0.0298. The van der Waals surface area contributed by atoms with Gasteiger partial charge < -0.3 is 40.5 Å². The molecule has 0 unspecified atom stereocenters. The van der Waals surface area contributed by atoms with Crippen LogP contribution in [0.25, 0.3) is 22.3 Å². The Morgan fingerprint density at radius 2 is 1.07 bits per heavy atom. The molecule has 54 heavy (non-hydrogen) atoms. The topological polar surface area (TPSA) is 249 Å². The van der Waals surface area contributed by atoms with Crippen molar-refractivity contribution < 1.29 is 44.7 Å². The van der Waals surface area contributed by atoms with Crippen LogP contribution < -0.4 is 10.6 Å². The van der Waals surface area contributed by atoms with E-state index in [9.17, 15) is 25.3 Å². The number of aromatic nitrogens is 8. The van der Waals surface area contributed by atoms with Crippen molar-refractivity contribution in [2.75, 3.05) is 23.8 Å². The molecule has 0 radical (unpaired) electrons. The van der Waals surface area contributed by atoms with Gasteiger partial charge in [0.2, 0.25) is 10.6 Å². The molecule has 8 atom stereocenters. The SMILES string of the molecule is O=[N+](OC[C@H]1O[C@@H](n2cnc3c(NC4CCCCC4)nc(Cl)nc32)[C@H](O)[C@H]1O)OC[C@H]1O[C@@H](n2cnc3c(NC4CCCCC4)nc(Cl)nc32)[C@H](O)[C@H]1O. The molecule has 0 spiro atoms.